The lowest BCUT2D eigenvalue weighted by Gasteiger charge is -2.28. The van der Waals surface area contributed by atoms with Crippen LogP contribution in [-0.2, 0) is 4.79 Å². The SMILES string of the molecule is C=CC(c1ccccc1)C(C)(C)C(=O)O. The van der Waals surface area contributed by atoms with Crippen molar-refractivity contribution >= 4 is 5.97 Å². The van der Waals surface area contributed by atoms with E-state index in [0.29, 0.717) is 0 Å². The molecule has 0 spiro atoms. The average Bonchev–Trinajstić information content (AvgIpc) is 2.19. The van der Waals surface area contributed by atoms with Crippen molar-refractivity contribution in [2.45, 2.75) is 19.8 Å². The minimum absolute atomic E-state index is 0.170. The number of rotatable bonds is 4. The Balaban J connectivity index is 3.10. The van der Waals surface area contributed by atoms with Gasteiger partial charge in [-0.05, 0) is 19.4 Å². The van der Waals surface area contributed by atoms with Crippen LogP contribution in [0.4, 0.5) is 0 Å². The summed E-state index contributed by atoms with van der Waals surface area (Å²) in [7, 11) is 0. The van der Waals surface area contributed by atoms with Crippen molar-refractivity contribution in [3.05, 3.63) is 48.6 Å². The number of allylic oxidation sites excluding steroid dienone is 1. The largest absolute Gasteiger partial charge is 0.481 e. The maximum absolute atomic E-state index is 11.1. The standard InChI is InChI=1S/C13H16O2/c1-4-11(13(2,3)12(14)15)10-8-6-5-7-9-10/h4-9,11H,1H2,2-3H3,(H,14,15). The van der Waals surface area contributed by atoms with Crippen LogP contribution in [0.5, 0.6) is 0 Å². The van der Waals surface area contributed by atoms with E-state index in [1.54, 1.807) is 19.9 Å². The normalized spacial score (nSPS) is 13.2. The number of carbonyl (C=O) groups is 1. The van der Waals surface area contributed by atoms with Crippen molar-refractivity contribution < 1.29 is 9.90 Å². The van der Waals surface area contributed by atoms with Gasteiger partial charge >= 0.3 is 5.97 Å². The molecule has 1 N–H and O–H groups in total. The molecule has 0 fully saturated rings. The van der Waals surface area contributed by atoms with Gasteiger partial charge in [0.25, 0.3) is 0 Å². The second-order valence-electron chi connectivity index (χ2n) is 4.15. The number of hydrogen-bond acceptors (Lipinski definition) is 1. The van der Waals surface area contributed by atoms with Crippen LogP contribution in [0.15, 0.2) is 43.0 Å². The zero-order valence-electron chi connectivity index (χ0n) is 9.10. The summed E-state index contributed by atoms with van der Waals surface area (Å²) in [5, 5.41) is 9.16. The molecule has 15 heavy (non-hydrogen) atoms. The number of carboxylic acids is 1. The number of hydrogen-bond donors (Lipinski definition) is 1. The zero-order valence-corrected chi connectivity index (χ0v) is 9.10. The monoisotopic (exact) mass is 204 g/mol. The maximum Gasteiger partial charge on any atom is 0.310 e. The van der Waals surface area contributed by atoms with Crippen LogP contribution >= 0.6 is 0 Å². The van der Waals surface area contributed by atoms with Crippen molar-refractivity contribution in [2.24, 2.45) is 5.41 Å². The van der Waals surface area contributed by atoms with E-state index < -0.39 is 11.4 Å². The molecule has 0 aliphatic carbocycles. The summed E-state index contributed by atoms with van der Waals surface area (Å²) in [5.74, 6) is -0.979. The highest BCUT2D eigenvalue weighted by atomic mass is 16.4. The fraction of sp³-hybridized carbons (Fsp3) is 0.308. The molecule has 80 valence electrons. The summed E-state index contributed by atoms with van der Waals surface area (Å²) in [4.78, 5) is 11.1. The molecule has 2 heteroatoms. The molecule has 0 heterocycles. The Bertz CT molecular complexity index is 352. The molecule has 1 unspecified atom stereocenters. The van der Waals surface area contributed by atoms with Crippen LogP contribution in [0.2, 0.25) is 0 Å². The quantitative estimate of drug-likeness (QED) is 0.765. The van der Waals surface area contributed by atoms with Gasteiger partial charge in [0.2, 0.25) is 0 Å². The van der Waals surface area contributed by atoms with E-state index in [1.165, 1.54) is 0 Å². The molecule has 1 aromatic carbocycles. The summed E-state index contributed by atoms with van der Waals surface area (Å²) in [5.41, 5.74) is 0.156. The van der Waals surface area contributed by atoms with Gasteiger partial charge in [0.15, 0.2) is 0 Å². The third-order valence-corrected chi connectivity index (χ3v) is 2.72. The van der Waals surface area contributed by atoms with Crippen LogP contribution in [0, 0.1) is 5.41 Å². The zero-order chi connectivity index (χ0) is 11.5. The van der Waals surface area contributed by atoms with Gasteiger partial charge in [0.1, 0.15) is 0 Å². The van der Waals surface area contributed by atoms with Crippen molar-refractivity contribution in [2.75, 3.05) is 0 Å². The Labute approximate surface area is 90.3 Å². The average molecular weight is 204 g/mol. The fourth-order valence-electron chi connectivity index (χ4n) is 1.64. The minimum atomic E-state index is -0.830. The van der Waals surface area contributed by atoms with Gasteiger partial charge in [-0.2, -0.15) is 0 Å². The molecular formula is C13H16O2. The molecule has 0 aromatic heterocycles. The Morgan fingerprint density at radius 2 is 1.93 bits per heavy atom. The fourth-order valence-corrected chi connectivity index (χ4v) is 1.64. The molecule has 0 aliphatic rings. The lowest BCUT2D eigenvalue weighted by molar-refractivity contribution is -0.147. The van der Waals surface area contributed by atoms with Crippen molar-refractivity contribution in [1.82, 2.24) is 0 Å². The Morgan fingerprint density at radius 1 is 1.40 bits per heavy atom. The van der Waals surface area contributed by atoms with E-state index >= 15 is 0 Å². The molecule has 1 aromatic rings. The summed E-state index contributed by atoms with van der Waals surface area (Å²) < 4.78 is 0. The molecule has 0 amide bonds. The van der Waals surface area contributed by atoms with Gasteiger partial charge in [0.05, 0.1) is 5.41 Å². The Kier molecular flexibility index (Phi) is 3.30. The van der Waals surface area contributed by atoms with Gasteiger partial charge in [-0.1, -0.05) is 36.4 Å². The first-order valence-electron chi connectivity index (χ1n) is 4.91. The molecule has 0 saturated heterocycles. The second-order valence-corrected chi connectivity index (χ2v) is 4.15. The van der Waals surface area contributed by atoms with Crippen LogP contribution in [-0.4, -0.2) is 11.1 Å². The highest BCUT2D eigenvalue weighted by Gasteiger charge is 2.35. The summed E-state index contributed by atoms with van der Waals surface area (Å²) in [6.45, 7) is 7.16. The molecule has 0 saturated carbocycles. The van der Waals surface area contributed by atoms with E-state index in [2.05, 4.69) is 6.58 Å². The summed E-state index contributed by atoms with van der Waals surface area (Å²) >= 11 is 0. The first-order chi connectivity index (χ1) is 7.00. The van der Waals surface area contributed by atoms with E-state index in [1.807, 2.05) is 30.3 Å². The molecular weight excluding hydrogens is 188 g/mol. The lowest BCUT2D eigenvalue weighted by atomic mass is 9.75. The molecule has 0 radical (unpaired) electrons. The van der Waals surface area contributed by atoms with E-state index in [4.69, 9.17) is 5.11 Å². The molecule has 2 nitrogen and oxygen atoms in total. The molecule has 0 bridgehead atoms. The lowest BCUT2D eigenvalue weighted by Crippen LogP contribution is -2.30. The first-order valence-corrected chi connectivity index (χ1v) is 4.91. The van der Waals surface area contributed by atoms with Gasteiger partial charge < -0.3 is 5.11 Å². The van der Waals surface area contributed by atoms with Gasteiger partial charge in [0, 0.05) is 5.92 Å². The third-order valence-electron chi connectivity index (χ3n) is 2.72. The number of aliphatic carboxylic acids is 1. The highest BCUT2D eigenvalue weighted by Crippen LogP contribution is 2.36. The van der Waals surface area contributed by atoms with Gasteiger partial charge in [-0.25, -0.2) is 0 Å². The van der Waals surface area contributed by atoms with Crippen LogP contribution in [0.1, 0.15) is 25.3 Å². The van der Waals surface area contributed by atoms with Crippen molar-refractivity contribution in [3.63, 3.8) is 0 Å². The predicted octanol–water partition coefficient (Wildman–Crippen LogP) is 3.07. The number of carboxylic acid groups (broad SMARTS) is 1. The highest BCUT2D eigenvalue weighted by molar-refractivity contribution is 5.75. The summed E-state index contributed by atoms with van der Waals surface area (Å²) in [6, 6.07) is 9.58. The molecule has 0 aliphatic heterocycles. The smallest absolute Gasteiger partial charge is 0.310 e. The van der Waals surface area contributed by atoms with Crippen LogP contribution in [0.3, 0.4) is 0 Å². The molecule has 1 rings (SSSR count). The van der Waals surface area contributed by atoms with E-state index in [0.717, 1.165) is 5.56 Å². The minimum Gasteiger partial charge on any atom is -0.481 e. The van der Waals surface area contributed by atoms with Crippen LogP contribution in [0.25, 0.3) is 0 Å². The van der Waals surface area contributed by atoms with Crippen LogP contribution < -0.4 is 0 Å². The second kappa shape index (κ2) is 4.30. The molecule has 1 atom stereocenters. The predicted molar refractivity (Wildman–Crippen MR) is 60.8 cm³/mol. The van der Waals surface area contributed by atoms with Crippen molar-refractivity contribution in [3.8, 4) is 0 Å². The summed E-state index contributed by atoms with van der Waals surface area (Å²) in [6.07, 6.45) is 1.70. The van der Waals surface area contributed by atoms with Crippen molar-refractivity contribution in [1.29, 1.82) is 0 Å². The van der Waals surface area contributed by atoms with E-state index in [-0.39, 0.29) is 5.92 Å². The van der Waals surface area contributed by atoms with Gasteiger partial charge in [-0.3, -0.25) is 4.79 Å². The van der Waals surface area contributed by atoms with E-state index in [9.17, 15) is 4.79 Å². The third kappa shape index (κ3) is 2.27. The topological polar surface area (TPSA) is 37.3 Å². The Hall–Kier alpha value is -1.57. The maximum atomic E-state index is 11.1. The first kappa shape index (κ1) is 11.5. The van der Waals surface area contributed by atoms with Gasteiger partial charge in [-0.15, -0.1) is 6.58 Å². The Morgan fingerprint density at radius 3 is 2.33 bits per heavy atom. The number of benzene rings is 1.